The fourth-order valence-corrected chi connectivity index (χ4v) is 6.84. The van der Waals surface area contributed by atoms with E-state index >= 15 is 0 Å². The van der Waals surface area contributed by atoms with Gasteiger partial charge in [-0.2, -0.15) is 0 Å². The molecule has 0 rings (SSSR count). The highest BCUT2D eigenvalue weighted by Gasteiger charge is 2.25. The van der Waals surface area contributed by atoms with Crippen LogP contribution in [-0.4, -0.2) is 61.5 Å². The summed E-state index contributed by atoms with van der Waals surface area (Å²) in [5.74, 6) is -0.647. The number of hydrogen-bond donors (Lipinski definition) is 2. The van der Waals surface area contributed by atoms with Crippen molar-refractivity contribution in [3.63, 3.8) is 0 Å². The first-order chi connectivity index (χ1) is 28.0. The van der Waals surface area contributed by atoms with Crippen molar-refractivity contribution in [3.8, 4) is 0 Å². The normalized spacial score (nSPS) is 11.9. The number of carbonyl (C=O) groups is 3. The first-order valence-corrected chi connectivity index (χ1v) is 24.8. The topological polar surface area (TPSA) is 111 Å². The van der Waals surface area contributed by atoms with Crippen LogP contribution in [-0.2, 0) is 28.6 Å². The Balaban J connectivity index is 0. The van der Waals surface area contributed by atoms with Gasteiger partial charge in [-0.05, 0) is 45.4 Å². The van der Waals surface area contributed by atoms with E-state index in [0.717, 1.165) is 44.9 Å². The van der Waals surface area contributed by atoms with Gasteiger partial charge >= 0.3 is 11.9 Å². The highest BCUT2D eigenvalue weighted by Crippen LogP contribution is 2.16. The number of nitrogens with one attached hydrogen (secondary N) is 1. The number of methoxy groups -OCH3 is 1. The van der Waals surface area contributed by atoms with E-state index in [9.17, 15) is 14.4 Å². The number of rotatable bonds is 42. The fourth-order valence-electron chi connectivity index (χ4n) is 6.84. The maximum atomic E-state index is 12.7. The molecule has 0 saturated heterocycles. The van der Waals surface area contributed by atoms with E-state index in [1.165, 1.54) is 154 Å². The van der Waals surface area contributed by atoms with Crippen LogP contribution >= 0.6 is 0 Å². The van der Waals surface area contributed by atoms with Crippen molar-refractivity contribution < 1.29 is 33.7 Å². The van der Waals surface area contributed by atoms with Gasteiger partial charge in [-0.3, -0.25) is 9.59 Å². The Morgan fingerprint density at radius 3 is 1.26 bits per heavy atom. The quantitative estimate of drug-likeness (QED) is 0.0466. The third-order valence-electron chi connectivity index (χ3n) is 11.2. The molecule has 0 aliphatic rings. The van der Waals surface area contributed by atoms with Crippen LogP contribution < -0.4 is 5.32 Å². The maximum Gasteiger partial charge on any atom is 0.349 e. The van der Waals surface area contributed by atoms with Crippen molar-refractivity contribution in [1.82, 2.24) is 5.32 Å². The number of amides is 1. The molecular formula is C50H99NO7. The zero-order chi connectivity index (χ0) is 43.4. The number of esters is 2. The lowest BCUT2D eigenvalue weighted by Gasteiger charge is -2.20. The Hall–Kier alpha value is -1.67. The Morgan fingerprint density at radius 1 is 0.569 bits per heavy atom. The summed E-state index contributed by atoms with van der Waals surface area (Å²) in [7, 11) is 1.65. The number of unbranched alkanes of at least 4 members (excludes halogenated alkanes) is 28. The van der Waals surface area contributed by atoms with E-state index in [-0.39, 0.29) is 37.2 Å². The molecule has 1 atom stereocenters. The van der Waals surface area contributed by atoms with E-state index < -0.39 is 12.1 Å². The molecule has 0 heterocycles. The molecule has 0 saturated carbocycles. The highest BCUT2D eigenvalue weighted by atomic mass is 16.6. The van der Waals surface area contributed by atoms with E-state index in [1.54, 1.807) is 7.11 Å². The Morgan fingerprint density at radius 2 is 0.931 bits per heavy atom. The van der Waals surface area contributed by atoms with Crippen LogP contribution in [0.1, 0.15) is 260 Å². The van der Waals surface area contributed by atoms with Gasteiger partial charge in [0.25, 0.3) is 0 Å². The van der Waals surface area contributed by atoms with Crippen molar-refractivity contribution in [2.75, 3.05) is 26.9 Å². The molecule has 0 radical (unpaired) electrons. The molecule has 1 amide bonds. The van der Waals surface area contributed by atoms with Gasteiger partial charge < -0.3 is 24.6 Å². The van der Waals surface area contributed by atoms with Gasteiger partial charge in [0.15, 0.2) is 0 Å². The SMILES string of the molecule is CCCCCCCCCCCCCCCCCC(=O)NCC(OC(=O)CCCCCCCCCCCCCCCCC)C(=O)OCCC(C)C.COC(C)(C)CCO. The fraction of sp³-hybridized carbons (Fsp3) is 0.940. The van der Waals surface area contributed by atoms with Crippen molar-refractivity contribution in [2.45, 2.75) is 272 Å². The second-order valence-corrected chi connectivity index (χ2v) is 18.0. The number of aliphatic hydroxyl groups excluding tert-OH is 1. The predicted molar refractivity (Wildman–Crippen MR) is 245 cm³/mol. The van der Waals surface area contributed by atoms with E-state index in [0.29, 0.717) is 25.2 Å². The summed E-state index contributed by atoms with van der Waals surface area (Å²) in [5, 5.41) is 11.3. The second kappa shape index (κ2) is 44.9. The first-order valence-electron chi connectivity index (χ1n) is 24.8. The van der Waals surface area contributed by atoms with Crippen LogP contribution in [0.3, 0.4) is 0 Å². The van der Waals surface area contributed by atoms with E-state index in [2.05, 4.69) is 33.0 Å². The summed E-state index contributed by atoms with van der Waals surface area (Å²) in [6, 6.07) is 0. The minimum Gasteiger partial charge on any atom is -0.463 e. The van der Waals surface area contributed by atoms with Gasteiger partial charge in [-0.25, -0.2) is 4.79 Å². The van der Waals surface area contributed by atoms with Gasteiger partial charge in [0.2, 0.25) is 12.0 Å². The molecule has 0 aromatic heterocycles. The average Bonchev–Trinajstić information content (AvgIpc) is 3.19. The second-order valence-electron chi connectivity index (χ2n) is 18.0. The van der Waals surface area contributed by atoms with Crippen molar-refractivity contribution in [3.05, 3.63) is 0 Å². The van der Waals surface area contributed by atoms with Crippen molar-refractivity contribution >= 4 is 17.8 Å². The molecule has 8 heteroatoms. The molecule has 346 valence electrons. The van der Waals surface area contributed by atoms with Gasteiger partial charge in [0.05, 0.1) is 18.8 Å². The standard InChI is InChI=1S/C44H85NO5.C6H14O2/c1-5-7-9-11-13-15-17-19-21-23-25-27-29-31-33-35-42(46)45-39-41(44(48)49-38-37-40(3)4)50-43(47)36-34-32-30-28-26-24-22-20-18-16-14-12-10-8-6-2;1-6(2,8-3)4-5-7/h40-41H,5-39H2,1-4H3,(H,45,46);7H,4-5H2,1-3H3. The Labute approximate surface area is 360 Å². The lowest BCUT2D eigenvalue weighted by atomic mass is 10.0. The van der Waals surface area contributed by atoms with Gasteiger partial charge in [0, 0.05) is 26.6 Å². The largest absolute Gasteiger partial charge is 0.463 e. The van der Waals surface area contributed by atoms with E-state index in [4.69, 9.17) is 19.3 Å². The van der Waals surface area contributed by atoms with Crippen molar-refractivity contribution in [1.29, 1.82) is 0 Å². The molecule has 0 spiro atoms. The van der Waals surface area contributed by atoms with Crippen molar-refractivity contribution in [2.24, 2.45) is 5.92 Å². The molecule has 0 fully saturated rings. The molecule has 8 nitrogen and oxygen atoms in total. The summed E-state index contributed by atoms with van der Waals surface area (Å²) in [6.07, 6.45) is 39.4. The lowest BCUT2D eigenvalue weighted by Crippen LogP contribution is -2.40. The van der Waals surface area contributed by atoms with Gasteiger partial charge in [0.1, 0.15) is 0 Å². The zero-order valence-corrected chi connectivity index (χ0v) is 39.7. The molecule has 0 aromatic carbocycles. The monoisotopic (exact) mass is 826 g/mol. The van der Waals surface area contributed by atoms with Crippen LogP contribution in [0.2, 0.25) is 0 Å². The number of carbonyl (C=O) groups excluding carboxylic acids is 3. The minimum absolute atomic E-state index is 0.0251. The molecule has 1 unspecified atom stereocenters. The summed E-state index contributed by atoms with van der Waals surface area (Å²) in [6.45, 7) is 13.0. The summed E-state index contributed by atoms with van der Waals surface area (Å²) < 4.78 is 16.0. The molecule has 0 aliphatic carbocycles. The number of aliphatic hydroxyl groups is 1. The third kappa shape index (κ3) is 45.4. The summed E-state index contributed by atoms with van der Waals surface area (Å²) >= 11 is 0. The number of ether oxygens (including phenoxy) is 3. The molecular weight excluding hydrogens is 727 g/mol. The van der Waals surface area contributed by atoms with Gasteiger partial charge in [-0.15, -0.1) is 0 Å². The van der Waals surface area contributed by atoms with Gasteiger partial charge in [-0.1, -0.05) is 207 Å². The van der Waals surface area contributed by atoms with Crippen LogP contribution in [0.4, 0.5) is 0 Å². The van der Waals surface area contributed by atoms with Crippen LogP contribution in [0.15, 0.2) is 0 Å². The molecule has 0 aromatic rings. The average molecular weight is 826 g/mol. The highest BCUT2D eigenvalue weighted by molar-refractivity contribution is 5.81. The molecule has 0 aliphatic heterocycles. The molecule has 0 bridgehead atoms. The first kappa shape index (κ1) is 58.4. The molecule has 58 heavy (non-hydrogen) atoms. The van der Waals surface area contributed by atoms with Crippen LogP contribution in [0.5, 0.6) is 0 Å². The van der Waals surface area contributed by atoms with E-state index in [1.807, 2.05) is 13.8 Å². The zero-order valence-electron chi connectivity index (χ0n) is 39.7. The number of hydrogen-bond acceptors (Lipinski definition) is 7. The summed E-state index contributed by atoms with van der Waals surface area (Å²) in [4.78, 5) is 37.9. The smallest absolute Gasteiger partial charge is 0.349 e. The lowest BCUT2D eigenvalue weighted by molar-refractivity contribution is -0.168. The third-order valence-corrected chi connectivity index (χ3v) is 11.2. The maximum absolute atomic E-state index is 12.7. The summed E-state index contributed by atoms with van der Waals surface area (Å²) in [5.41, 5.74) is -0.158. The predicted octanol–water partition coefficient (Wildman–Crippen LogP) is 13.9. The Kier molecular flexibility index (Phi) is 45.2. The minimum atomic E-state index is -1.09. The Bertz CT molecular complexity index is 893. The van der Waals surface area contributed by atoms with Crippen LogP contribution in [0.25, 0.3) is 0 Å². The van der Waals surface area contributed by atoms with Crippen LogP contribution in [0, 0.1) is 5.92 Å². The molecule has 2 N–H and O–H groups in total.